The number of carbonyl (C=O) groups is 1. The van der Waals surface area contributed by atoms with E-state index in [1.54, 1.807) is 0 Å². The number of methoxy groups -OCH3 is 1. The SMILES string of the molecule is CCOC1CCCN(C2CCCC(N)(C(=O)OC)C2)C1. The third kappa shape index (κ3) is 3.51. The van der Waals surface area contributed by atoms with E-state index in [4.69, 9.17) is 15.2 Å². The van der Waals surface area contributed by atoms with Gasteiger partial charge in [0.1, 0.15) is 5.54 Å². The summed E-state index contributed by atoms with van der Waals surface area (Å²) in [5.41, 5.74) is 5.48. The molecule has 2 fully saturated rings. The minimum atomic E-state index is -0.795. The molecule has 0 spiro atoms. The number of hydrogen-bond acceptors (Lipinski definition) is 5. The van der Waals surface area contributed by atoms with E-state index in [1.807, 2.05) is 6.92 Å². The van der Waals surface area contributed by atoms with Gasteiger partial charge >= 0.3 is 5.97 Å². The van der Waals surface area contributed by atoms with E-state index in [1.165, 1.54) is 7.11 Å². The zero-order valence-corrected chi connectivity index (χ0v) is 12.8. The first-order valence-corrected chi connectivity index (χ1v) is 7.82. The van der Waals surface area contributed by atoms with Gasteiger partial charge in [0.25, 0.3) is 0 Å². The summed E-state index contributed by atoms with van der Waals surface area (Å²) in [6.45, 7) is 4.87. The van der Waals surface area contributed by atoms with Crippen molar-refractivity contribution in [2.75, 3.05) is 26.8 Å². The van der Waals surface area contributed by atoms with Gasteiger partial charge in [-0.05, 0) is 52.0 Å². The Bertz CT molecular complexity index is 335. The van der Waals surface area contributed by atoms with Gasteiger partial charge in [-0.15, -0.1) is 0 Å². The molecule has 0 aromatic heterocycles. The highest BCUT2D eigenvalue weighted by Crippen LogP contribution is 2.32. The lowest BCUT2D eigenvalue weighted by Crippen LogP contribution is -2.57. The molecule has 116 valence electrons. The van der Waals surface area contributed by atoms with Crippen LogP contribution < -0.4 is 5.73 Å². The van der Waals surface area contributed by atoms with Crippen LogP contribution in [0.2, 0.25) is 0 Å². The highest BCUT2D eigenvalue weighted by atomic mass is 16.5. The van der Waals surface area contributed by atoms with E-state index < -0.39 is 5.54 Å². The summed E-state index contributed by atoms with van der Waals surface area (Å²) in [6, 6.07) is 0.385. The predicted octanol–water partition coefficient (Wildman–Crippen LogP) is 1.30. The van der Waals surface area contributed by atoms with Gasteiger partial charge in [-0.3, -0.25) is 9.69 Å². The number of nitrogens with two attached hydrogens (primary N) is 1. The lowest BCUT2D eigenvalue weighted by Gasteiger charge is -2.44. The van der Waals surface area contributed by atoms with Gasteiger partial charge in [-0.2, -0.15) is 0 Å². The van der Waals surface area contributed by atoms with E-state index in [9.17, 15) is 4.79 Å². The quantitative estimate of drug-likeness (QED) is 0.788. The van der Waals surface area contributed by atoms with Crippen molar-refractivity contribution in [2.24, 2.45) is 5.73 Å². The zero-order valence-electron chi connectivity index (χ0n) is 12.8. The molecule has 0 aromatic carbocycles. The molecule has 5 heteroatoms. The summed E-state index contributed by atoms with van der Waals surface area (Å²) in [6.07, 6.45) is 6.19. The largest absolute Gasteiger partial charge is 0.468 e. The molecule has 2 aliphatic rings. The lowest BCUT2D eigenvalue weighted by atomic mass is 9.78. The molecule has 1 saturated heterocycles. The molecule has 2 N–H and O–H groups in total. The van der Waals surface area contributed by atoms with E-state index in [0.29, 0.717) is 18.6 Å². The van der Waals surface area contributed by atoms with Gasteiger partial charge in [0.2, 0.25) is 0 Å². The van der Waals surface area contributed by atoms with Crippen LogP contribution in [-0.4, -0.2) is 55.4 Å². The number of piperidine rings is 1. The number of esters is 1. The molecule has 5 nitrogen and oxygen atoms in total. The second kappa shape index (κ2) is 6.87. The lowest BCUT2D eigenvalue weighted by molar-refractivity contribution is -0.149. The van der Waals surface area contributed by atoms with Crippen molar-refractivity contribution < 1.29 is 14.3 Å². The summed E-state index contributed by atoms with van der Waals surface area (Å²) in [7, 11) is 1.42. The third-order valence-corrected chi connectivity index (χ3v) is 4.68. The van der Waals surface area contributed by atoms with Gasteiger partial charge in [-0.25, -0.2) is 0 Å². The zero-order chi connectivity index (χ0) is 14.6. The second-order valence-corrected chi connectivity index (χ2v) is 6.11. The topological polar surface area (TPSA) is 64.8 Å². The van der Waals surface area contributed by atoms with Crippen LogP contribution in [0.3, 0.4) is 0 Å². The minimum absolute atomic E-state index is 0.263. The fourth-order valence-electron chi connectivity index (χ4n) is 3.65. The molecule has 1 aliphatic heterocycles. The van der Waals surface area contributed by atoms with Crippen LogP contribution in [-0.2, 0) is 14.3 Å². The first kappa shape index (κ1) is 15.7. The van der Waals surface area contributed by atoms with Crippen molar-refractivity contribution in [1.29, 1.82) is 0 Å². The van der Waals surface area contributed by atoms with E-state index in [0.717, 1.165) is 51.8 Å². The fourth-order valence-corrected chi connectivity index (χ4v) is 3.65. The second-order valence-electron chi connectivity index (χ2n) is 6.11. The van der Waals surface area contributed by atoms with Crippen LogP contribution in [0.1, 0.15) is 45.4 Å². The molecule has 1 saturated carbocycles. The van der Waals surface area contributed by atoms with Crippen LogP contribution in [0.4, 0.5) is 0 Å². The number of rotatable bonds is 4. The molecule has 1 heterocycles. The van der Waals surface area contributed by atoms with Crippen molar-refractivity contribution in [2.45, 2.75) is 63.1 Å². The average molecular weight is 284 g/mol. The smallest absolute Gasteiger partial charge is 0.325 e. The van der Waals surface area contributed by atoms with Gasteiger partial charge in [-0.1, -0.05) is 0 Å². The molecule has 0 amide bonds. The monoisotopic (exact) mass is 284 g/mol. The first-order valence-electron chi connectivity index (χ1n) is 7.82. The van der Waals surface area contributed by atoms with Gasteiger partial charge in [0.15, 0.2) is 0 Å². The van der Waals surface area contributed by atoms with Gasteiger partial charge < -0.3 is 15.2 Å². The Hall–Kier alpha value is -0.650. The van der Waals surface area contributed by atoms with Gasteiger partial charge in [0.05, 0.1) is 13.2 Å². The average Bonchev–Trinajstić information content (AvgIpc) is 2.47. The summed E-state index contributed by atoms with van der Waals surface area (Å²) < 4.78 is 10.6. The van der Waals surface area contributed by atoms with Crippen LogP contribution in [0, 0.1) is 0 Å². The normalized spacial score (nSPS) is 35.8. The number of nitrogens with zero attached hydrogens (tertiary/aromatic N) is 1. The summed E-state index contributed by atoms with van der Waals surface area (Å²) in [5.74, 6) is -0.263. The third-order valence-electron chi connectivity index (χ3n) is 4.68. The summed E-state index contributed by atoms with van der Waals surface area (Å²) in [4.78, 5) is 14.4. The number of likely N-dealkylation sites (tertiary alicyclic amines) is 1. The maximum Gasteiger partial charge on any atom is 0.325 e. The van der Waals surface area contributed by atoms with Crippen LogP contribution in [0.25, 0.3) is 0 Å². The molecule has 2 rings (SSSR count). The molecular weight excluding hydrogens is 256 g/mol. The standard InChI is InChI=1S/C15H28N2O3/c1-3-20-13-7-5-9-17(11-13)12-6-4-8-15(16,10-12)14(18)19-2/h12-13H,3-11,16H2,1-2H3. The number of hydrogen-bond donors (Lipinski definition) is 1. The molecule has 0 aromatic rings. The summed E-state index contributed by atoms with van der Waals surface area (Å²) in [5, 5.41) is 0. The first-order chi connectivity index (χ1) is 9.59. The van der Waals surface area contributed by atoms with Crippen molar-refractivity contribution in [3.8, 4) is 0 Å². The maximum atomic E-state index is 11.9. The summed E-state index contributed by atoms with van der Waals surface area (Å²) >= 11 is 0. The van der Waals surface area contributed by atoms with Crippen LogP contribution in [0.15, 0.2) is 0 Å². The van der Waals surface area contributed by atoms with Crippen LogP contribution in [0.5, 0.6) is 0 Å². The predicted molar refractivity (Wildman–Crippen MR) is 77.4 cm³/mol. The van der Waals surface area contributed by atoms with E-state index >= 15 is 0 Å². The molecule has 3 unspecified atom stereocenters. The molecule has 0 radical (unpaired) electrons. The fraction of sp³-hybridized carbons (Fsp3) is 0.933. The van der Waals surface area contributed by atoms with E-state index in [2.05, 4.69) is 4.90 Å². The highest BCUT2D eigenvalue weighted by molar-refractivity contribution is 5.80. The molecule has 1 aliphatic carbocycles. The Morgan fingerprint density at radius 3 is 2.90 bits per heavy atom. The number of ether oxygens (including phenoxy) is 2. The highest BCUT2D eigenvalue weighted by Gasteiger charge is 2.42. The molecule has 20 heavy (non-hydrogen) atoms. The molecule has 0 bridgehead atoms. The van der Waals surface area contributed by atoms with Crippen molar-refractivity contribution >= 4 is 5.97 Å². The van der Waals surface area contributed by atoms with Crippen molar-refractivity contribution in [3.63, 3.8) is 0 Å². The van der Waals surface area contributed by atoms with Crippen LogP contribution >= 0.6 is 0 Å². The molecule has 3 atom stereocenters. The Labute approximate surface area is 121 Å². The van der Waals surface area contributed by atoms with Gasteiger partial charge in [0, 0.05) is 19.2 Å². The Balaban J connectivity index is 1.96. The Morgan fingerprint density at radius 2 is 2.20 bits per heavy atom. The maximum absolute atomic E-state index is 11.9. The van der Waals surface area contributed by atoms with Crippen molar-refractivity contribution in [3.05, 3.63) is 0 Å². The Kier molecular flexibility index (Phi) is 5.41. The molecular formula is C15H28N2O3. The van der Waals surface area contributed by atoms with E-state index in [-0.39, 0.29) is 5.97 Å². The van der Waals surface area contributed by atoms with Crippen molar-refractivity contribution in [1.82, 2.24) is 4.90 Å². The number of carbonyl (C=O) groups excluding carboxylic acids is 1. The minimum Gasteiger partial charge on any atom is -0.468 e. The Morgan fingerprint density at radius 1 is 1.40 bits per heavy atom.